The average Bonchev–Trinajstić information content (AvgIpc) is 2.45. The minimum absolute atomic E-state index is 0.000265. The Bertz CT molecular complexity index is 580. The van der Waals surface area contributed by atoms with Crippen LogP contribution in [0.4, 0.5) is 4.79 Å². The number of hydrogen-bond donors (Lipinski definition) is 0. The molecular formula is C17H23IN2O3. The predicted octanol–water partition coefficient (Wildman–Crippen LogP) is 3.43. The topological polar surface area (TPSA) is 49.9 Å². The molecule has 0 N–H and O–H groups in total. The number of amides is 2. The smallest absolute Gasteiger partial charge is 0.410 e. The van der Waals surface area contributed by atoms with Crippen molar-refractivity contribution in [1.29, 1.82) is 0 Å². The van der Waals surface area contributed by atoms with E-state index in [2.05, 4.69) is 22.6 Å². The molecule has 1 fully saturated rings. The van der Waals surface area contributed by atoms with Crippen LogP contribution in [0.25, 0.3) is 0 Å². The van der Waals surface area contributed by atoms with Gasteiger partial charge in [0, 0.05) is 16.7 Å². The molecule has 1 saturated heterocycles. The average molecular weight is 430 g/mol. The van der Waals surface area contributed by atoms with E-state index in [0.29, 0.717) is 13.1 Å². The van der Waals surface area contributed by atoms with E-state index < -0.39 is 11.7 Å². The number of piperazine rings is 1. The maximum absolute atomic E-state index is 12.4. The maximum Gasteiger partial charge on any atom is 0.410 e. The molecule has 0 unspecified atom stereocenters. The molecule has 1 aliphatic rings. The van der Waals surface area contributed by atoms with Crippen LogP contribution < -0.4 is 0 Å². The molecule has 0 spiro atoms. The molecule has 126 valence electrons. The Kier molecular flexibility index (Phi) is 5.54. The highest BCUT2D eigenvalue weighted by molar-refractivity contribution is 14.1. The fourth-order valence-electron chi connectivity index (χ4n) is 2.50. The van der Waals surface area contributed by atoms with Gasteiger partial charge in [0.2, 0.25) is 5.91 Å². The third kappa shape index (κ3) is 4.83. The van der Waals surface area contributed by atoms with Gasteiger partial charge in [0.25, 0.3) is 0 Å². The molecule has 1 atom stereocenters. The van der Waals surface area contributed by atoms with Crippen molar-refractivity contribution in [3.05, 3.63) is 33.4 Å². The number of carbonyl (C=O) groups is 2. The molecule has 5 nitrogen and oxygen atoms in total. The third-order valence-electron chi connectivity index (χ3n) is 3.73. The van der Waals surface area contributed by atoms with Crippen LogP contribution in [0, 0.1) is 3.57 Å². The number of ether oxygens (including phenoxy) is 1. The van der Waals surface area contributed by atoms with Crippen molar-refractivity contribution in [2.45, 2.75) is 39.3 Å². The van der Waals surface area contributed by atoms with Crippen LogP contribution in [-0.4, -0.2) is 47.0 Å². The summed E-state index contributed by atoms with van der Waals surface area (Å²) in [4.78, 5) is 27.8. The van der Waals surface area contributed by atoms with Crippen LogP contribution in [0.5, 0.6) is 0 Å². The van der Waals surface area contributed by atoms with E-state index in [0.717, 1.165) is 5.56 Å². The zero-order valence-electron chi connectivity index (χ0n) is 14.0. The largest absolute Gasteiger partial charge is 0.444 e. The van der Waals surface area contributed by atoms with E-state index in [9.17, 15) is 9.59 Å². The summed E-state index contributed by atoms with van der Waals surface area (Å²) in [6.07, 6.45) is -0.424. The molecule has 1 heterocycles. The number of nitrogens with zero attached hydrogens (tertiary/aromatic N) is 2. The second-order valence-electron chi connectivity index (χ2n) is 6.72. The minimum Gasteiger partial charge on any atom is -0.444 e. The SMILES string of the molecule is C[C@@H](c1ccc(I)cc1)N1CCN(C(=O)OC(C)(C)C)CC1=O. The second-order valence-corrected chi connectivity index (χ2v) is 7.96. The number of carbonyl (C=O) groups excluding carboxylic acids is 2. The van der Waals surface area contributed by atoms with E-state index in [1.807, 2.05) is 56.9 Å². The molecular weight excluding hydrogens is 407 g/mol. The molecule has 6 heteroatoms. The molecule has 0 bridgehead atoms. The highest BCUT2D eigenvalue weighted by Crippen LogP contribution is 2.23. The number of halogens is 1. The number of rotatable bonds is 2. The Morgan fingerprint density at radius 2 is 1.83 bits per heavy atom. The van der Waals surface area contributed by atoms with Gasteiger partial charge in [-0.1, -0.05) is 12.1 Å². The van der Waals surface area contributed by atoms with Crippen molar-refractivity contribution >= 4 is 34.6 Å². The first-order valence-corrected chi connectivity index (χ1v) is 8.78. The third-order valence-corrected chi connectivity index (χ3v) is 4.45. The number of hydrogen-bond acceptors (Lipinski definition) is 3. The second kappa shape index (κ2) is 7.07. The van der Waals surface area contributed by atoms with Crippen molar-refractivity contribution in [3.63, 3.8) is 0 Å². The summed E-state index contributed by atoms with van der Waals surface area (Å²) in [6, 6.07) is 8.15. The predicted molar refractivity (Wildman–Crippen MR) is 97.1 cm³/mol. The van der Waals surface area contributed by atoms with Crippen LogP contribution in [0.3, 0.4) is 0 Å². The molecule has 1 aromatic rings. The van der Waals surface area contributed by atoms with Gasteiger partial charge in [0.15, 0.2) is 0 Å². The molecule has 1 aromatic carbocycles. The van der Waals surface area contributed by atoms with Crippen LogP contribution in [0.2, 0.25) is 0 Å². The van der Waals surface area contributed by atoms with E-state index >= 15 is 0 Å². The van der Waals surface area contributed by atoms with Gasteiger partial charge in [-0.3, -0.25) is 9.69 Å². The van der Waals surface area contributed by atoms with Crippen LogP contribution in [0.1, 0.15) is 39.3 Å². The van der Waals surface area contributed by atoms with E-state index in [-0.39, 0.29) is 18.5 Å². The standard InChI is InChI=1S/C17H23IN2O3/c1-12(13-5-7-14(18)8-6-13)20-10-9-19(11-15(20)21)16(22)23-17(2,3)4/h5-8,12H,9-11H2,1-4H3/t12-/m0/s1. The highest BCUT2D eigenvalue weighted by atomic mass is 127. The Morgan fingerprint density at radius 1 is 1.22 bits per heavy atom. The molecule has 2 amide bonds. The lowest BCUT2D eigenvalue weighted by Crippen LogP contribution is -2.53. The van der Waals surface area contributed by atoms with Crippen LogP contribution in [-0.2, 0) is 9.53 Å². The van der Waals surface area contributed by atoms with E-state index in [1.54, 1.807) is 0 Å². The van der Waals surface area contributed by atoms with Gasteiger partial charge >= 0.3 is 6.09 Å². The van der Waals surface area contributed by atoms with E-state index in [1.165, 1.54) is 8.47 Å². The summed E-state index contributed by atoms with van der Waals surface area (Å²) < 4.78 is 6.50. The summed E-state index contributed by atoms with van der Waals surface area (Å²) in [5.74, 6) is -0.0480. The summed E-state index contributed by atoms with van der Waals surface area (Å²) >= 11 is 2.26. The lowest BCUT2D eigenvalue weighted by Gasteiger charge is -2.38. The fraction of sp³-hybridized carbons (Fsp3) is 0.529. The maximum atomic E-state index is 12.4. The lowest BCUT2D eigenvalue weighted by molar-refractivity contribution is -0.138. The first kappa shape index (κ1) is 18.0. The summed E-state index contributed by atoms with van der Waals surface area (Å²) in [5.41, 5.74) is 0.552. The highest BCUT2D eigenvalue weighted by Gasteiger charge is 2.32. The zero-order chi connectivity index (χ0) is 17.2. The number of benzene rings is 1. The molecule has 0 aromatic heterocycles. The monoisotopic (exact) mass is 430 g/mol. The quantitative estimate of drug-likeness (QED) is 0.676. The van der Waals surface area contributed by atoms with Crippen molar-refractivity contribution in [2.24, 2.45) is 0 Å². The Morgan fingerprint density at radius 3 is 2.35 bits per heavy atom. The van der Waals surface area contributed by atoms with Crippen molar-refractivity contribution < 1.29 is 14.3 Å². The Balaban J connectivity index is 2.00. The van der Waals surface area contributed by atoms with Gasteiger partial charge in [0.05, 0.1) is 6.04 Å². The zero-order valence-corrected chi connectivity index (χ0v) is 16.2. The van der Waals surface area contributed by atoms with Crippen molar-refractivity contribution in [1.82, 2.24) is 9.80 Å². The molecule has 1 aliphatic heterocycles. The van der Waals surface area contributed by atoms with Crippen LogP contribution >= 0.6 is 22.6 Å². The summed E-state index contributed by atoms with van der Waals surface area (Å²) in [6.45, 7) is 8.57. The van der Waals surface area contributed by atoms with Crippen molar-refractivity contribution in [3.8, 4) is 0 Å². The molecule has 0 radical (unpaired) electrons. The summed E-state index contributed by atoms with van der Waals surface area (Å²) in [5, 5.41) is 0. The van der Waals surface area contributed by atoms with Gasteiger partial charge in [0.1, 0.15) is 12.1 Å². The normalized spacial score (nSPS) is 17.2. The Hall–Kier alpha value is -1.31. The molecule has 2 rings (SSSR count). The van der Waals surface area contributed by atoms with Gasteiger partial charge in [-0.2, -0.15) is 0 Å². The molecule has 0 aliphatic carbocycles. The minimum atomic E-state index is -0.550. The van der Waals surface area contributed by atoms with Gasteiger partial charge in [-0.25, -0.2) is 4.79 Å². The van der Waals surface area contributed by atoms with Gasteiger partial charge in [-0.05, 0) is 68.0 Å². The summed E-state index contributed by atoms with van der Waals surface area (Å²) in [7, 11) is 0. The Labute approximate surface area is 151 Å². The first-order valence-electron chi connectivity index (χ1n) is 7.70. The molecule has 23 heavy (non-hydrogen) atoms. The molecule has 0 saturated carbocycles. The van der Waals surface area contributed by atoms with Gasteiger partial charge in [-0.15, -0.1) is 0 Å². The van der Waals surface area contributed by atoms with Gasteiger partial charge < -0.3 is 9.64 Å². The first-order chi connectivity index (χ1) is 10.7. The van der Waals surface area contributed by atoms with Crippen LogP contribution in [0.15, 0.2) is 24.3 Å². The van der Waals surface area contributed by atoms with Crippen molar-refractivity contribution in [2.75, 3.05) is 19.6 Å². The van der Waals surface area contributed by atoms with E-state index in [4.69, 9.17) is 4.74 Å². The fourth-order valence-corrected chi connectivity index (χ4v) is 2.86. The lowest BCUT2D eigenvalue weighted by atomic mass is 10.1.